The molecule has 0 N–H and O–H groups in total. The van der Waals surface area contributed by atoms with Gasteiger partial charge < -0.3 is 9.64 Å². The molecule has 1 saturated heterocycles. The van der Waals surface area contributed by atoms with E-state index in [4.69, 9.17) is 27.9 Å². The molecule has 1 aliphatic rings. The first-order valence-corrected chi connectivity index (χ1v) is 13.0. The Morgan fingerprint density at radius 3 is 2.23 bits per heavy atom. The summed E-state index contributed by atoms with van der Waals surface area (Å²) in [5.74, 6) is 0.565. The fourth-order valence-corrected chi connectivity index (χ4v) is 5.18. The van der Waals surface area contributed by atoms with Gasteiger partial charge >= 0.3 is 0 Å². The van der Waals surface area contributed by atoms with Crippen LogP contribution in [0.5, 0.6) is 5.75 Å². The highest BCUT2D eigenvalue weighted by Gasteiger charge is 2.26. The van der Waals surface area contributed by atoms with Gasteiger partial charge in [0.05, 0.1) is 28.0 Å². The van der Waals surface area contributed by atoms with Crippen molar-refractivity contribution in [2.45, 2.75) is 46.0 Å². The number of carbonyl (C=O) groups excluding carboxylic acids is 1. The maximum Gasteiger partial charge on any atom is 0.213 e. The molecule has 0 spiro atoms. The van der Waals surface area contributed by atoms with E-state index in [1.807, 2.05) is 0 Å². The molecule has 30 heavy (non-hydrogen) atoms. The summed E-state index contributed by atoms with van der Waals surface area (Å²) in [6, 6.07) is 3.30. The number of hydrogen-bond acceptors (Lipinski definition) is 5. The Balaban J connectivity index is 1.85. The van der Waals surface area contributed by atoms with E-state index in [0.717, 1.165) is 12.8 Å². The van der Waals surface area contributed by atoms with E-state index in [1.54, 1.807) is 19.1 Å². The van der Waals surface area contributed by atoms with E-state index in [-0.39, 0.29) is 18.0 Å². The maximum absolute atomic E-state index is 12.7. The predicted molar refractivity (Wildman–Crippen MR) is 123 cm³/mol. The molecule has 6 nitrogen and oxygen atoms in total. The number of sulfonamides is 1. The van der Waals surface area contributed by atoms with Gasteiger partial charge in [-0.25, -0.2) is 8.42 Å². The molecular weight excluding hydrogens is 447 g/mol. The van der Waals surface area contributed by atoms with Gasteiger partial charge in [0.2, 0.25) is 10.0 Å². The number of rotatable bonds is 12. The molecule has 170 valence electrons. The Morgan fingerprint density at radius 2 is 1.67 bits per heavy atom. The van der Waals surface area contributed by atoms with Crippen molar-refractivity contribution < 1.29 is 17.9 Å². The quantitative estimate of drug-likeness (QED) is 0.326. The monoisotopic (exact) mass is 478 g/mol. The van der Waals surface area contributed by atoms with Crippen LogP contribution in [0.15, 0.2) is 12.1 Å². The van der Waals surface area contributed by atoms with Crippen LogP contribution in [0.4, 0.5) is 0 Å². The molecule has 2 rings (SSSR count). The summed E-state index contributed by atoms with van der Waals surface area (Å²) in [7, 11) is -3.15. The topological polar surface area (TPSA) is 66.9 Å². The summed E-state index contributed by atoms with van der Waals surface area (Å²) in [6.07, 6.45) is 4.71. The van der Waals surface area contributed by atoms with Crippen LogP contribution in [-0.2, 0) is 10.0 Å². The molecule has 1 aliphatic heterocycles. The first kappa shape index (κ1) is 25.4. The first-order valence-electron chi connectivity index (χ1n) is 10.6. The molecular formula is C21H32Cl2N2O4S. The molecule has 0 aromatic heterocycles. The average Bonchev–Trinajstić information content (AvgIpc) is 2.72. The van der Waals surface area contributed by atoms with Gasteiger partial charge in [-0.05, 0) is 25.5 Å². The van der Waals surface area contributed by atoms with Gasteiger partial charge in [-0.15, -0.1) is 0 Å². The molecule has 0 saturated carbocycles. The van der Waals surface area contributed by atoms with Crippen LogP contribution in [0.3, 0.4) is 0 Å². The Hall–Kier alpha value is -0.860. The van der Waals surface area contributed by atoms with Crippen LogP contribution in [0.2, 0.25) is 10.0 Å². The Bertz CT molecular complexity index is 786. The number of Topliss-reactive ketones (excluding diaryl/α,β-unsaturated/α-hetero) is 1. The SMILES string of the molecule is CCCCCCOc1cc(Cl)c(C(=O)CCN2CCN(S(=O)(=O)CC)CC2)c(Cl)c1. The molecule has 0 bridgehead atoms. The third kappa shape index (κ3) is 7.38. The molecule has 0 radical (unpaired) electrons. The summed E-state index contributed by atoms with van der Waals surface area (Å²) in [5, 5.41) is 0.602. The lowest BCUT2D eigenvalue weighted by Crippen LogP contribution is -2.49. The van der Waals surface area contributed by atoms with Crippen molar-refractivity contribution in [3.63, 3.8) is 0 Å². The number of nitrogens with zero attached hydrogens (tertiary/aromatic N) is 2. The smallest absolute Gasteiger partial charge is 0.213 e. The van der Waals surface area contributed by atoms with Crippen molar-refractivity contribution in [2.24, 2.45) is 0 Å². The predicted octanol–water partition coefficient (Wildman–Crippen LogP) is 4.49. The summed E-state index contributed by atoms with van der Waals surface area (Å²) in [6.45, 7) is 7.08. The highest BCUT2D eigenvalue weighted by Crippen LogP contribution is 2.31. The number of carbonyl (C=O) groups is 1. The lowest BCUT2D eigenvalue weighted by molar-refractivity contribution is 0.0952. The molecule has 9 heteroatoms. The van der Waals surface area contributed by atoms with Crippen LogP contribution in [0, 0.1) is 0 Å². The largest absolute Gasteiger partial charge is 0.493 e. The van der Waals surface area contributed by atoms with Gasteiger partial charge in [0.1, 0.15) is 5.75 Å². The zero-order valence-corrected chi connectivity index (χ0v) is 20.2. The van der Waals surface area contributed by atoms with E-state index >= 15 is 0 Å². The second-order valence-electron chi connectivity index (χ2n) is 7.49. The van der Waals surface area contributed by atoms with Crippen LogP contribution in [0.25, 0.3) is 0 Å². The van der Waals surface area contributed by atoms with Gasteiger partial charge in [-0.2, -0.15) is 4.31 Å². The molecule has 1 aromatic carbocycles. The second kappa shape index (κ2) is 12.2. The first-order chi connectivity index (χ1) is 14.3. The highest BCUT2D eigenvalue weighted by atomic mass is 35.5. The van der Waals surface area contributed by atoms with Crippen LogP contribution in [0.1, 0.15) is 56.3 Å². The maximum atomic E-state index is 12.7. The highest BCUT2D eigenvalue weighted by molar-refractivity contribution is 7.89. The summed E-state index contributed by atoms with van der Waals surface area (Å²) >= 11 is 12.7. The van der Waals surface area contributed by atoms with Crippen molar-refractivity contribution in [2.75, 3.05) is 45.1 Å². The van der Waals surface area contributed by atoms with Crippen molar-refractivity contribution in [3.05, 3.63) is 27.7 Å². The van der Waals surface area contributed by atoms with E-state index in [9.17, 15) is 13.2 Å². The van der Waals surface area contributed by atoms with Gasteiger partial charge in [0.15, 0.2) is 5.78 Å². The zero-order chi connectivity index (χ0) is 22.1. The lowest BCUT2D eigenvalue weighted by Gasteiger charge is -2.33. The van der Waals surface area contributed by atoms with Crippen LogP contribution in [-0.4, -0.2) is 68.5 Å². The third-order valence-electron chi connectivity index (χ3n) is 5.31. The fourth-order valence-electron chi connectivity index (χ4n) is 3.42. The van der Waals surface area contributed by atoms with E-state index in [0.29, 0.717) is 60.7 Å². The number of ether oxygens (including phenoxy) is 1. The number of unbranched alkanes of at least 4 members (excludes halogenated alkanes) is 3. The number of halogens is 2. The van der Waals surface area contributed by atoms with Crippen molar-refractivity contribution >= 4 is 39.0 Å². The van der Waals surface area contributed by atoms with Gasteiger partial charge in [-0.3, -0.25) is 4.79 Å². The average molecular weight is 479 g/mol. The van der Waals surface area contributed by atoms with Crippen LogP contribution >= 0.6 is 23.2 Å². The van der Waals surface area contributed by atoms with Crippen LogP contribution < -0.4 is 4.74 Å². The molecule has 0 atom stereocenters. The Morgan fingerprint density at radius 1 is 1.03 bits per heavy atom. The number of ketones is 1. The Kier molecular flexibility index (Phi) is 10.4. The van der Waals surface area contributed by atoms with E-state index in [2.05, 4.69) is 11.8 Å². The number of benzene rings is 1. The summed E-state index contributed by atoms with van der Waals surface area (Å²) in [5.41, 5.74) is 0.323. The standard InChI is InChI=1S/C21H32Cl2N2O4S/c1-3-5-6-7-14-29-17-15-18(22)21(19(23)16-17)20(26)8-9-24-10-12-25(13-11-24)30(27,28)4-2/h15-16H,3-14H2,1-2H3. The van der Waals surface area contributed by atoms with E-state index in [1.165, 1.54) is 17.1 Å². The Labute approximate surface area is 190 Å². The van der Waals surface area contributed by atoms with Crippen molar-refractivity contribution in [1.82, 2.24) is 9.21 Å². The van der Waals surface area contributed by atoms with Crippen molar-refractivity contribution in [3.8, 4) is 5.75 Å². The zero-order valence-electron chi connectivity index (χ0n) is 17.8. The minimum atomic E-state index is -3.15. The molecule has 0 aliphatic carbocycles. The summed E-state index contributed by atoms with van der Waals surface area (Å²) in [4.78, 5) is 14.8. The van der Waals surface area contributed by atoms with Gasteiger partial charge in [0.25, 0.3) is 0 Å². The normalized spacial score (nSPS) is 16.0. The fraction of sp³-hybridized carbons (Fsp3) is 0.667. The second-order valence-corrected chi connectivity index (χ2v) is 10.6. The lowest BCUT2D eigenvalue weighted by atomic mass is 10.1. The number of hydrogen-bond donors (Lipinski definition) is 0. The summed E-state index contributed by atoms with van der Waals surface area (Å²) < 4.78 is 31.1. The van der Waals surface area contributed by atoms with Gasteiger partial charge in [-0.1, -0.05) is 49.4 Å². The van der Waals surface area contributed by atoms with E-state index < -0.39 is 10.0 Å². The van der Waals surface area contributed by atoms with Gasteiger partial charge in [0, 0.05) is 39.1 Å². The van der Waals surface area contributed by atoms with Crippen molar-refractivity contribution in [1.29, 1.82) is 0 Å². The minimum absolute atomic E-state index is 0.112. The minimum Gasteiger partial charge on any atom is -0.493 e. The molecule has 1 heterocycles. The third-order valence-corrected chi connectivity index (χ3v) is 7.78. The molecule has 0 amide bonds. The molecule has 1 aromatic rings. The molecule has 1 fully saturated rings. The number of piperazine rings is 1. The molecule has 0 unspecified atom stereocenters.